The normalized spacial score (nSPS) is 13.1. The number of unbranched alkanes of at least 4 members (excludes halogenated alkanes) is 22. The number of hydrogen-bond donors (Lipinski definition) is 0. The van der Waals surface area contributed by atoms with Gasteiger partial charge in [-0.15, -0.1) is 0 Å². The van der Waals surface area contributed by atoms with E-state index < -0.39 is 20.2 Å². The average molecular weight is 817 g/mol. The number of allylic oxidation sites excluding steroid dienone is 4. The van der Waals surface area contributed by atoms with Gasteiger partial charge in [0.05, 0.1) is 0 Å². The van der Waals surface area contributed by atoms with Crippen molar-refractivity contribution in [2.75, 3.05) is 0 Å². The third-order valence-corrected chi connectivity index (χ3v) is 29.9. The van der Waals surface area contributed by atoms with Crippen LogP contribution in [0.1, 0.15) is 207 Å². The van der Waals surface area contributed by atoms with E-state index in [4.69, 9.17) is 1.41 Å². The molecule has 0 saturated heterocycles. The van der Waals surface area contributed by atoms with E-state index >= 15 is 0 Å². The van der Waals surface area contributed by atoms with Crippen LogP contribution < -0.4 is 0 Å². The van der Waals surface area contributed by atoms with Crippen LogP contribution in [0.4, 0.5) is 0 Å². The molecule has 0 bridgehead atoms. The Labute approximate surface area is 294 Å². The molecule has 0 radical (unpaired) electrons. The van der Waals surface area contributed by atoms with Crippen LogP contribution in [-0.4, -0.2) is 43.1 Å². The van der Waals surface area contributed by atoms with Gasteiger partial charge < -0.3 is 0 Å². The first-order chi connectivity index (χ1) is 21.1. The molecule has 0 heterocycles. The van der Waals surface area contributed by atoms with Gasteiger partial charge in [0, 0.05) is 0 Å². The standard InChI is InChI=1S/2C20H39.O.2Sn.4H/c2*1-4-5-6-7-8-9-10-11-12-13-14-15-16-17-18-19-20(2)3;;;;;;;/h2*11-12,20H,1,4-10,13-19H2,2-3H3;;;;;;;. The SMILES string of the molecule is CC(C)CCCCCCCC=CCCCCCCC[CH2][SnH]([CH2]CCCCCCCC=CCCCCCCCC(C)C)[O][SnH3]. The van der Waals surface area contributed by atoms with Gasteiger partial charge in [-0.3, -0.25) is 0 Å². The van der Waals surface area contributed by atoms with Crippen molar-refractivity contribution < 1.29 is 1.41 Å². The molecule has 0 aromatic rings. The predicted molar refractivity (Wildman–Crippen MR) is 205 cm³/mol. The zero-order valence-corrected chi connectivity index (χ0v) is 39.7. The molecule has 0 N–H and O–H groups in total. The monoisotopic (exact) mass is 818 g/mol. The van der Waals surface area contributed by atoms with Gasteiger partial charge in [0.2, 0.25) is 0 Å². The zero-order chi connectivity index (χ0) is 31.5. The van der Waals surface area contributed by atoms with Gasteiger partial charge in [-0.1, -0.05) is 91.9 Å². The molecule has 0 aliphatic heterocycles. The number of rotatable bonds is 35. The summed E-state index contributed by atoms with van der Waals surface area (Å²) in [6.07, 6.45) is 49.5. The first-order valence-corrected chi connectivity index (χ1v) is 28.2. The molecule has 0 fully saturated rings. The van der Waals surface area contributed by atoms with Gasteiger partial charge in [0.15, 0.2) is 0 Å². The third-order valence-electron chi connectivity index (χ3n) is 9.26. The van der Waals surface area contributed by atoms with Gasteiger partial charge in [-0.2, -0.15) is 0 Å². The summed E-state index contributed by atoms with van der Waals surface area (Å²) < 4.78 is 9.28. The van der Waals surface area contributed by atoms with Gasteiger partial charge in [-0.25, -0.2) is 0 Å². The summed E-state index contributed by atoms with van der Waals surface area (Å²) in [5.74, 6) is 1.76. The Morgan fingerprint density at radius 2 is 0.651 bits per heavy atom. The Balaban J connectivity index is 3.35. The molecule has 43 heavy (non-hydrogen) atoms. The fourth-order valence-electron chi connectivity index (χ4n) is 6.22. The van der Waals surface area contributed by atoms with Crippen LogP contribution in [0.25, 0.3) is 0 Å². The summed E-state index contributed by atoms with van der Waals surface area (Å²) in [6.45, 7) is 9.37. The van der Waals surface area contributed by atoms with Crippen molar-refractivity contribution in [1.82, 2.24) is 0 Å². The van der Waals surface area contributed by atoms with E-state index in [-0.39, 0.29) is 0 Å². The molecule has 1 nitrogen and oxygen atoms in total. The summed E-state index contributed by atoms with van der Waals surface area (Å²) in [7, 11) is 0. The van der Waals surface area contributed by atoms with E-state index in [0.717, 1.165) is 11.8 Å². The van der Waals surface area contributed by atoms with Crippen LogP contribution in [0.2, 0.25) is 8.87 Å². The molecule has 0 aromatic heterocycles. The molecule has 0 aliphatic rings. The topological polar surface area (TPSA) is 9.23 Å². The van der Waals surface area contributed by atoms with Crippen LogP contribution in [0.3, 0.4) is 0 Å². The first-order valence-electron chi connectivity index (χ1n) is 19.9. The molecule has 0 rings (SSSR count). The first kappa shape index (κ1) is 44.0. The molecule has 0 unspecified atom stereocenters. The quantitative estimate of drug-likeness (QED) is 0.0352. The summed E-state index contributed by atoms with van der Waals surface area (Å²) >= 11 is -1.09. The molecule has 3 heteroatoms. The predicted octanol–water partition coefficient (Wildman–Crippen LogP) is 13.4. The Hall–Kier alpha value is 1.04. The Morgan fingerprint density at radius 1 is 0.395 bits per heavy atom. The molecular weight excluding hydrogens is 734 g/mol. The maximum absolute atomic E-state index is 6.22. The van der Waals surface area contributed by atoms with E-state index in [9.17, 15) is 0 Å². The van der Waals surface area contributed by atoms with Crippen molar-refractivity contribution in [2.45, 2.75) is 216 Å². The van der Waals surface area contributed by atoms with Crippen molar-refractivity contribution in [3.63, 3.8) is 0 Å². The molecule has 0 amide bonds. The van der Waals surface area contributed by atoms with E-state index in [1.165, 1.54) is 189 Å². The van der Waals surface area contributed by atoms with Crippen LogP contribution in [-0.2, 0) is 1.41 Å². The van der Waals surface area contributed by atoms with Crippen molar-refractivity contribution in [3.8, 4) is 0 Å². The number of hydrogen-bond acceptors (Lipinski definition) is 1. The van der Waals surface area contributed by atoms with Crippen LogP contribution >= 0.6 is 0 Å². The maximum atomic E-state index is 6.22. The molecule has 0 atom stereocenters. The Kier molecular flexibility index (Phi) is 38.4. The fourth-order valence-corrected chi connectivity index (χ4v) is 21.7. The molecule has 0 spiro atoms. The van der Waals surface area contributed by atoms with Crippen LogP contribution in [0.15, 0.2) is 24.3 Å². The Morgan fingerprint density at radius 3 is 0.930 bits per heavy atom. The van der Waals surface area contributed by atoms with Gasteiger partial charge in [-0.05, 0) is 11.8 Å². The van der Waals surface area contributed by atoms with Crippen molar-refractivity contribution in [3.05, 3.63) is 24.3 Å². The van der Waals surface area contributed by atoms with Gasteiger partial charge >= 0.3 is 193 Å². The van der Waals surface area contributed by atoms with E-state index in [1.54, 1.807) is 0 Å². The average Bonchev–Trinajstić information content (AvgIpc) is 2.98. The van der Waals surface area contributed by atoms with Crippen LogP contribution in [0.5, 0.6) is 0 Å². The minimum atomic E-state index is -1.56. The Bertz CT molecular complexity index is 523. The van der Waals surface area contributed by atoms with Gasteiger partial charge in [0.1, 0.15) is 0 Å². The minimum absolute atomic E-state index is 0.469. The second kappa shape index (κ2) is 37.5. The molecule has 0 aromatic carbocycles. The van der Waals surface area contributed by atoms with E-state index in [1.807, 2.05) is 0 Å². The fraction of sp³-hybridized carbons (Fsp3) is 0.900. The molecule has 0 saturated carbocycles. The zero-order valence-electron chi connectivity index (χ0n) is 30.7. The van der Waals surface area contributed by atoms with E-state index in [0.29, 0.717) is 22.9 Å². The van der Waals surface area contributed by atoms with Crippen molar-refractivity contribution in [1.29, 1.82) is 0 Å². The van der Waals surface area contributed by atoms with Crippen molar-refractivity contribution >= 4 is 43.1 Å². The van der Waals surface area contributed by atoms with E-state index in [2.05, 4.69) is 52.0 Å². The summed E-state index contributed by atoms with van der Waals surface area (Å²) in [5.41, 5.74) is 0. The van der Waals surface area contributed by atoms with Gasteiger partial charge in [0.25, 0.3) is 0 Å². The summed E-state index contributed by atoms with van der Waals surface area (Å²) in [5, 5.41) is 0. The molecular formula is C40H82OSn2. The molecule has 256 valence electrons. The summed E-state index contributed by atoms with van der Waals surface area (Å²) in [6, 6.07) is 0. The second-order valence-corrected chi connectivity index (χ2v) is 31.9. The van der Waals surface area contributed by atoms with Crippen molar-refractivity contribution in [2.24, 2.45) is 11.8 Å². The second-order valence-electron chi connectivity index (χ2n) is 14.7. The third kappa shape index (κ3) is 39.1. The molecule has 0 aliphatic carbocycles. The summed E-state index contributed by atoms with van der Waals surface area (Å²) in [4.78, 5) is 0. The van der Waals surface area contributed by atoms with Crippen LogP contribution in [0, 0.1) is 11.8 Å².